The van der Waals surface area contributed by atoms with Crippen molar-refractivity contribution in [1.29, 1.82) is 5.26 Å². The molecular formula is C27H33N3O2. The Bertz CT molecular complexity index is 928. The summed E-state index contributed by atoms with van der Waals surface area (Å²) >= 11 is 0. The summed E-state index contributed by atoms with van der Waals surface area (Å²) in [7, 11) is 0. The van der Waals surface area contributed by atoms with Gasteiger partial charge in [-0.15, -0.1) is 12.3 Å². The Balaban J connectivity index is 0.000000944. The van der Waals surface area contributed by atoms with Crippen LogP contribution in [-0.4, -0.2) is 24.1 Å². The fraction of sp³-hybridized carbons (Fsp3) is 0.333. The monoisotopic (exact) mass is 431 g/mol. The standard InChI is InChI=1S/C23H28N2O2.C3H4.CHN/c1-4-5-6-19-14-24-16(2)11-21(19)15-27-22-9-7-18(8-10-22)12-20-13-23(20)17(3)25-26;1-3-2;1-2/h4-11,20,23,25-26H,3,12-15H2,1-2H3;1H,2H3;1H/b5-4-,19-6+;;. The average molecular weight is 432 g/mol. The van der Waals surface area contributed by atoms with Gasteiger partial charge in [0.05, 0.1) is 6.54 Å². The number of hydroxylamine groups is 1. The van der Waals surface area contributed by atoms with E-state index in [1.54, 1.807) is 6.92 Å². The first-order chi connectivity index (χ1) is 15.5. The first-order valence-electron chi connectivity index (χ1n) is 10.5. The summed E-state index contributed by atoms with van der Waals surface area (Å²) < 4.78 is 6.01. The SMILES string of the molecule is C#CC.C#N.C=C(NO)C1CC1Cc1ccc(OCC2=CC(C)=NC/C2=C\C=C/C)cc1. The molecule has 2 aliphatic rings. The van der Waals surface area contributed by atoms with E-state index in [1.807, 2.05) is 38.1 Å². The maximum Gasteiger partial charge on any atom is 0.119 e. The number of hydrogen-bond acceptors (Lipinski definition) is 5. The topological polar surface area (TPSA) is 77.6 Å². The number of aliphatic imine (C=N–C) groups is 1. The van der Waals surface area contributed by atoms with Gasteiger partial charge in [-0.05, 0) is 74.4 Å². The molecule has 2 unspecified atom stereocenters. The van der Waals surface area contributed by atoms with Gasteiger partial charge in [-0.2, -0.15) is 0 Å². The molecule has 1 saturated carbocycles. The number of terminal acetylenes is 1. The van der Waals surface area contributed by atoms with E-state index in [0.29, 0.717) is 25.0 Å². The van der Waals surface area contributed by atoms with Crippen molar-refractivity contribution >= 4 is 5.71 Å². The molecule has 168 valence electrons. The van der Waals surface area contributed by atoms with Crippen LogP contribution >= 0.6 is 0 Å². The molecular weight excluding hydrogens is 398 g/mol. The maximum atomic E-state index is 8.93. The largest absolute Gasteiger partial charge is 0.489 e. The minimum absolute atomic E-state index is 0.386. The molecule has 0 spiro atoms. The lowest BCUT2D eigenvalue weighted by Crippen LogP contribution is -2.11. The van der Waals surface area contributed by atoms with Gasteiger partial charge in [-0.3, -0.25) is 15.7 Å². The average Bonchev–Trinajstić information content (AvgIpc) is 3.58. The van der Waals surface area contributed by atoms with Gasteiger partial charge in [0.15, 0.2) is 0 Å². The Hall–Kier alpha value is -3.54. The minimum atomic E-state index is 0.386. The smallest absolute Gasteiger partial charge is 0.119 e. The predicted molar refractivity (Wildman–Crippen MR) is 131 cm³/mol. The van der Waals surface area contributed by atoms with Crippen molar-refractivity contribution in [2.45, 2.75) is 33.6 Å². The second kappa shape index (κ2) is 14.5. The molecule has 5 heteroatoms. The molecule has 0 radical (unpaired) electrons. The highest BCUT2D eigenvalue weighted by Crippen LogP contribution is 2.44. The van der Waals surface area contributed by atoms with Gasteiger partial charge in [0.25, 0.3) is 0 Å². The van der Waals surface area contributed by atoms with Crippen LogP contribution in [0.1, 0.15) is 32.8 Å². The third kappa shape index (κ3) is 8.68. The number of nitrogens with zero attached hydrogens (tertiary/aromatic N) is 2. The van der Waals surface area contributed by atoms with Crippen LogP contribution < -0.4 is 10.2 Å². The summed E-state index contributed by atoms with van der Waals surface area (Å²) in [5.41, 5.74) is 7.62. The van der Waals surface area contributed by atoms with E-state index in [9.17, 15) is 0 Å². The van der Waals surface area contributed by atoms with Gasteiger partial charge in [0.1, 0.15) is 12.4 Å². The molecule has 0 bridgehead atoms. The Morgan fingerprint density at radius 1 is 1.38 bits per heavy atom. The summed E-state index contributed by atoms with van der Waals surface area (Å²) in [6.45, 7) is 14.3. The number of ether oxygens (including phenoxy) is 1. The highest BCUT2D eigenvalue weighted by molar-refractivity contribution is 5.95. The zero-order valence-electron chi connectivity index (χ0n) is 19.2. The lowest BCUT2D eigenvalue weighted by molar-refractivity contribution is 0.193. The van der Waals surface area contributed by atoms with Crippen LogP contribution in [0.2, 0.25) is 0 Å². The van der Waals surface area contributed by atoms with Crippen molar-refractivity contribution in [3.63, 3.8) is 0 Å². The van der Waals surface area contributed by atoms with Crippen LogP contribution in [-0.2, 0) is 6.42 Å². The number of nitrogens with one attached hydrogen (secondary N) is 1. The summed E-state index contributed by atoms with van der Waals surface area (Å²) in [5.74, 6) is 4.08. The predicted octanol–water partition coefficient (Wildman–Crippen LogP) is 5.42. The zero-order valence-corrected chi connectivity index (χ0v) is 19.2. The number of allylic oxidation sites excluding steroid dienone is 5. The minimum Gasteiger partial charge on any atom is -0.489 e. The number of hydrogen-bond donors (Lipinski definition) is 2. The van der Waals surface area contributed by atoms with Crippen LogP contribution in [0.25, 0.3) is 0 Å². The highest BCUT2D eigenvalue weighted by atomic mass is 16.5. The van der Waals surface area contributed by atoms with Crippen LogP contribution in [0, 0.1) is 36.0 Å². The zero-order chi connectivity index (χ0) is 23.9. The first kappa shape index (κ1) is 26.5. The van der Waals surface area contributed by atoms with Crippen LogP contribution in [0.5, 0.6) is 5.75 Å². The normalized spacial score (nSPS) is 19.8. The molecule has 5 nitrogen and oxygen atoms in total. The van der Waals surface area contributed by atoms with Crippen molar-refractivity contribution in [3.05, 3.63) is 77.6 Å². The summed E-state index contributed by atoms with van der Waals surface area (Å²) in [6.07, 6.45) is 15.0. The number of dihydropyridines is 1. The first-order valence-corrected chi connectivity index (χ1v) is 10.5. The number of nitriles is 1. The van der Waals surface area contributed by atoms with E-state index < -0.39 is 0 Å². The van der Waals surface area contributed by atoms with Crippen molar-refractivity contribution in [2.75, 3.05) is 13.2 Å². The molecule has 1 heterocycles. The highest BCUT2D eigenvalue weighted by Gasteiger charge is 2.38. The molecule has 32 heavy (non-hydrogen) atoms. The maximum absolute atomic E-state index is 8.93. The molecule has 0 saturated heterocycles. The molecule has 3 rings (SSSR count). The van der Waals surface area contributed by atoms with E-state index in [2.05, 4.69) is 60.3 Å². The summed E-state index contributed by atoms with van der Waals surface area (Å²) in [4.78, 5) is 4.50. The molecule has 0 amide bonds. The second-order valence-electron chi connectivity index (χ2n) is 7.51. The number of rotatable bonds is 8. The van der Waals surface area contributed by atoms with Gasteiger partial charge >= 0.3 is 0 Å². The third-order valence-corrected chi connectivity index (χ3v) is 5.11. The van der Waals surface area contributed by atoms with Crippen molar-refractivity contribution in [3.8, 4) is 24.7 Å². The number of benzene rings is 1. The van der Waals surface area contributed by atoms with Crippen LogP contribution in [0.4, 0.5) is 0 Å². The lowest BCUT2D eigenvalue weighted by atomic mass is 10.0. The van der Waals surface area contributed by atoms with Crippen molar-refractivity contribution in [1.82, 2.24) is 5.48 Å². The molecule has 1 aromatic carbocycles. The van der Waals surface area contributed by atoms with Gasteiger partial charge in [0.2, 0.25) is 0 Å². The molecule has 0 aromatic heterocycles. The van der Waals surface area contributed by atoms with E-state index in [0.717, 1.165) is 30.0 Å². The fourth-order valence-electron chi connectivity index (χ4n) is 3.38. The van der Waals surface area contributed by atoms with E-state index in [-0.39, 0.29) is 0 Å². The third-order valence-electron chi connectivity index (χ3n) is 5.11. The van der Waals surface area contributed by atoms with Gasteiger partial charge in [0, 0.05) is 23.9 Å². The second-order valence-corrected chi connectivity index (χ2v) is 7.51. The van der Waals surface area contributed by atoms with E-state index >= 15 is 0 Å². The fourth-order valence-corrected chi connectivity index (χ4v) is 3.38. The molecule has 2 atom stereocenters. The molecule has 2 N–H and O–H groups in total. The quantitative estimate of drug-likeness (QED) is 0.426. The van der Waals surface area contributed by atoms with Gasteiger partial charge < -0.3 is 4.74 Å². The van der Waals surface area contributed by atoms with E-state index in [1.165, 1.54) is 16.7 Å². The summed E-state index contributed by atoms with van der Waals surface area (Å²) in [6, 6.07) is 8.31. The molecule has 1 fully saturated rings. The molecule has 1 aliphatic heterocycles. The Morgan fingerprint density at radius 2 is 2.03 bits per heavy atom. The van der Waals surface area contributed by atoms with Crippen molar-refractivity contribution < 1.29 is 9.94 Å². The van der Waals surface area contributed by atoms with Crippen molar-refractivity contribution in [2.24, 2.45) is 16.8 Å². The van der Waals surface area contributed by atoms with Crippen LogP contribution in [0.15, 0.2) is 77.0 Å². The van der Waals surface area contributed by atoms with Crippen LogP contribution in [0.3, 0.4) is 0 Å². The summed E-state index contributed by atoms with van der Waals surface area (Å²) in [5, 5.41) is 15.4. The molecule has 1 aromatic rings. The van der Waals surface area contributed by atoms with E-state index in [4.69, 9.17) is 15.2 Å². The Morgan fingerprint density at radius 3 is 2.62 bits per heavy atom. The Kier molecular flexibility index (Phi) is 12.0. The molecule has 1 aliphatic carbocycles. The Labute approximate surface area is 192 Å². The van der Waals surface area contributed by atoms with Gasteiger partial charge in [-0.1, -0.05) is 36.9 Å². The van der Waals surface area contributed by atoms with Gasteiger partial charge in [-0.25, -0.2) is 5.26 Å². The lowest BCUT2D eigenvalue weighted by Gasteiger charge is -2.16.